The Morgan fingerprint density at radius 1 is 1.11 bits per heavy atom. The molecule has 1 aliphatic rings. The summed E-state index contributed by atoms with van der Waals surface area (Å²) in [5, 5.41) is 9.26. The van der Waals surface area contributed by atoms with Crippen molar-refractivity contribution in [2.45, 2.75) is 44.9 Å². The predicted molar refractivity (Wildman–Crippen MR) is 114 cm³/mol. The lowest BCUT2D eigenvalue weighted by Crippen LogP contribution is -2.31. The molecule has 0 spiro atoms. The third kappa shape index (κ3) is 5.30. The van der Waals surface area contributed by atoms with Gasteiger partial charge in [-0.05, 0) is 24.5 Å². The number of aryl methyl sites for hydroxylation is 1. The summed E-state index contributed by atoms with van der Waals surface area (Å²) in [5.74, 6) is 0.140. The van der Waals surface area contributed by atoms with Gasteiger partial charge in [0.2, 0.25) is 5.91 Å². The van der Waals surface area contributed by atoms with E-state index in [9.17, 15) is 4.79 Å². The van der Waals surface area contributed by atoms with Crippen LogP contribution in [0.5, 0.6) is 0 Å². The number of carbonyl (C=O) groups is 1. The molecule has 1 amide bonds. The maximum absolute atomic E-state index is 12.9. The Balaban J connectivity index is 1.77. The van der Waals surface area contributed by atoms with Crippen LogP contribution in [0.15, 0.2) is 64.8 Å². The minimum absolute atomic E-state index is 0.0537. The number of nitrogens with zero attached hydrogens (tertiary/aromatic N) is 3. The molecule has 1 heterocycles. The lowest BCUT2D eigenvalue weighted by Gasteiger charge is -2.15. The Kier molecular flexibility index (Phi) is 6.82. The van der Waals surface area contributed by atoms with E-state index in [2.05, 4.69) is 24.1 Å². The normalized spacial score (nSPS) is 18.7. The van der Waals surface area contributed by atoms with Crippen LogP contribution in [0.25, 0.3) is 0 Å². The highest BCUT2D eigenvalue weighted by Gasteiger charge is 2.37. The third-order valence-corrected chi connectivity index (χ3v) is 5.69. The first-order chi connectivity index (χ1) is 13.2. The maximum atomic E-state index is 12.9. The van der Waals surface area contributed by atoms with Crippen molar-refractivity contribution in [2.24, 2.45) is 10.2 Å². The molecule has 1 saturated heterocycles. The monoisotopic (exact) mass is 379 g/mol. The fraction of sp³-hybridized carbons (Fsp3) is 0.318. The zero-order valence-electron chi connectivity index (χ0n) is 15.8. The van der Waals surface area contributed by atoms with E-state index in [4.69, 9.17) is 0 Å². The Labute approximate surface area is 165 Å². The topological polar surface area (TPSA) is 45.0 Å². The van der Waals surface area contributed by atoms with Crippen LogP contribution in [-0.4, -0.2) is 27.4 Å². The molecule has 0 saturated carbocycles. The van der Waals surface area contributed by atoms with Gasteiger partial charge in [0.25, 0.3) is 0 Å². The van der Waals surface area contributed by atoms with Gasteiger partial charge in [-0.25, -0.2) is 0 Å². The van der Waals surface area contributed by atoms with E-state index < -0.39 is 0 Å². The molecule has 0 radical (unpaired) electrons. The van der Waals surface area contributed by atoms with Crippen LogP contribution in [0, 0.1) is 6.92 Å². The molecule has 2 aromatic rings. The Morgan fingerprint density at radius 2 is 1.85 bits per heavy atom. The van der Waals surface area contributed by atoms with Crippen molar-refractivity contribution in [1.82, 2.24) is 4.90 Å². The summed E-state index contributed by atoms with van der Waals surface area (Å²) in [6.45, 7) is 4.74. The van der Waals surface area contributed by atoms with Crippen LogP contribution in [-0.2, 0) is 11.3 Å². The number of rotatable bonds is 7. The molecule has 3 rings (SSSR count). The number of hydrogen-bond acceptors (Lipinski definition) is 4. The second-order valence-corrected chi connectivity index (χ2v) is 7.87. The van der Waals surface area contributed by atoms with E-state index in [-0.39, 0.29) is 11.2 Å². The molecular formula is C22H25N3OS. The number of hydrogen-bond donors (Lipinski definition) is 0. The van der Waals surface area contributed by atoms with E-state index in [1.54, 1.807) is 11.1 Å². The Morgan fingerprint density at radius 3 is 2.56 bits per heavy atom. The molecule has 0 N–H and O–H groups in total. The van der Waals surface area contributed by atoms with Crippen LogP contribution in [0.4, 0.5) is 0 Å². The van der Waals surface area contributed by atoms with Gasteiger partial charge in [0.1, 0.15) is 0 Å². The van der Waals surface area contributed by atoms with Gasteiger partial charge in [0.15, 0.2) is 5.17 Å². The van der Waals surface area contributed by atoms with Crippen LogP contribution >= 0.6 is 11.8 Å². The average Bonchev–Trinajstić information content (AvgIpc) is 2.98. The number of amides is 1. The SMILES string of the molecule is CCCCC1S/C(=N/N=C/c2ccc(C)cc2)N(Cc2ccccc2)C1=O. The van der Waals surface area contributed by atoms with Gasteiger partial charge < -0.3 is 0 Å². The number of thioether (sulfide) groups is 1. The van der Waals surface area contributed by atoms with Crippen molar-refractivity contribution >= 4 is 29.1 Å². The number of amidine groups is 1. The Bertz CT molecular complexity index is 815. The van der Waals surface area contributed by atoms with E-state index in [1.165, 1.54) is 17.3 Å². The first-order valence-electron chi connectivity index (χ1n) is 9.37. The molecule has 5 heteroatoms. The first-order valence-corrected chi connectivity index (χ1v) is 10.2. The van der Waals surface area contributed by atoms with Crippen molar-refractivity contribution in [1.29, 1.82) is 0 Å². The molecule has 2 aromatic carbocycles. The van der Waals surface area contributed by atoms with Crippen LogP contribution < -0.4 is 0 Å². The van der Waals surface area contributed by atoms with Gasteiger partial charge in [0.05, 0.1) is 18.0 Å². The lowest BCUT2D eigenvalue weighted by molar-refractivity contribution is -0.126. The van der Waals surface area contributed by atoms with Crippen molar-refractivity contribution in [3.8, 4) is 0 Å². The molecule has 1 aliphatic heterocycles. The van der Waals surface area contributed by atoms with E-state index >= 15 is 0 Å². The smallest absolute Gasteiger partial charge is 0.242 e. The summed E-state index contributed by atoms with van der Waals surface area (Å²) in [7, 11) is 0. The van der Waals surface area contributed by atoms with E-state index in [0.29, 0.717) is 11.7 Å². The van der Waals surface area contributed by atoms with Gasteiger partial charge in [0, 0.05) is 0 Å². The first kappa shape index (κ1) is 19.4. The lowest BCUT2D eigenvalue weighted by atomic mass is 10.1. The van der Waals surface area contributed by atoms with Crippen LogP contribution in [0.1, 0.15) is 42.9 Å². The molecule has 4 nitrogen and oxygen atoms in total. The standard InChI is InChI=1S/C22H25N3OS/c1-3-4-10-20-21(26)25(16-19-8-6-5-7-9-19)22(27-20)24-23-15-18-13-11-17(2)12-14-18/h5-9,11-15,20H,3-4,10,16H2,1-2H3/b23-15+,24-22+. The molecule has 0 aromatic heterocycles. The van der Waals surface area contributed by atoms with Crippen molar-refractivity contribution in [3.63, 3.8) is 0 Å². The molecule has 0 aliphatic carbocycles. The quantitative estimate of drug-likeness (QED) is 0.501. The summed E-state index contributed by atoms with van der Waals surface area (Å²) >= 11 is 1.54. The molecule has 27 heavy (non-hydrogen) atoms. The molecule has 1 fully saturated rings. The van der Waals surface area contributed by atoms with E-state index in [1.807, 2.05) is 54.6 Å². The third-order valence-electron chi connectivity index (χ3n) is 4.45. The van der Waals surface area contributed by atoms with Crippen molar-refractivity contribution in [3.05, 3.63) is 71.3 Å². The average molecular weight is 380 g/mol. The second-order valence-electron chi connectivity index (χ2n) is 6.70. The zero-order chi connectivity index (χ0) is 19.1. The Hall–Kier alpha value is -2.40. The van der Waals surface area contributed by atoms with Gasteiger partial charge in [-0.15, -0.1) is 5.10 Å². The highest BCUT2D eigenvalue weighted by molar-refractivity contribution is 8.15. The summed E-state index contributed by atoms with van der Waals surface area (Å²) in [6, 6.07) is 18.1. The molecule has 1 atom stereocenters. The van der Waals surface area contributed by atoms with Gasteiger partial charge in [-0.1, -0.05) is 91.7 Å². The van der Waals surface area contributed by atoms with Crippen molar-refractivity contribution < 1.29 is 4.79 Å². The van der Waals surface area contributed by atoms with Gasteiger partial charge in [-0.2, -0.15) is 5.10 Å². The summed E-state index contributed by atoms with van der Waals surface area (Å²) in [5.41, 5.74) is 3.30. The molecule has 1 unspecified atom stereocenters. The largest absolute Gasteiger partial charge is 0.284 e. The number of unbranched alkanes of at least 4 members (excludes halogenated alkanes) is 1. The zero-order valence-corrected chi connectivity index (χ0v) is 16.7. The van der Waals surface area contributed by atoms with Crippen LogP contribution in [0.3, 0.4) is 0 Å². The minimum atomic E-state index is -0.0537. The highest BCUT2D eigenvalue weighted by Crippen LogP contribution is 2.32. The maximum Gasteiger partial charge on any atom is 0.242 e. The number of carbonyl (C=O) groups excluding carboxylic acids is 1. The van der Waals surface area contributed by atoms with Crippen LogP contribution in [0.2, 0.25) is 0 Å². The summed E-state index contributed by atoms with van der Waals surface area (Å²) in [6.07, 6.45) is 4.74. The van der Waals surface area contributed by atoms with E-state index in [0.717, 1.165) is 30.4 Å². The summed E-state index contributed by atoms with van der Waals surface area (Å²) in [4.78, 5) is 14.6. The van der Waals surface area contributed by atoms with Crippen molar-refractivity contribution in [2.75, 3.05) is 0 Å². The molecule has 0 bridgehead atoms. The number of benzene rings is 2. The molecular weight excluding hydrogens is 354 g/mol. The minimum Gasteiger partial charge on any atom is -0.284 e. The van der Waals surface area contributed by atoms with Gasteiger partial charge >= 0.3 is 0 Å². The fourth-order valence-electron chi connectivity index (χ4n) is 2.87. The summed E-state index contributed by atoms with van der Waals surface area (Å²) < 4.78 is 0. The predicted octanol–water partition coefficient (Wildman–Crippen LogP) is 5.02. The fourth-order valence-corrected chi connectivity index (χ4v) is 4.01. The molecule has 140 valence electrons. The second kappa shape index (κ2) is 9.51. The van der Waals surface area contributed by atoms with Gasteiger partial charge in [-0.3, -0.25) is 9.69 Å². The highest BCUT2D eigenvalue weighted by atomic mass is 32.2.